The summed E-state index contributed by atoms with van der Waals surface area (Å²) in [5, 5.41) is 5.64. The summed E-state index contributed by atoms with van der Waals surface area (Å²) in [4.78, 5) is 0. The molecule has 0 aromatic heterocycles. The predicted octanol–water partition coefficient (Wildman–Crippen LogP) is 5.05. The van der Waals surface area contributed by atoms with Gasteiger partial charge in [-0.15, -0.1) is 0 Å². The molecular weight excluding hydrogens is 415 g/mol. The molecule has 0 unspecified atom stereocenters. The summed E-state index contributed by atoms with van der Waals surface area (Å²) in [7, 11) is -2.58. The quantitative estimate of drug-likeness (QED) is 0.306. The Morgan fingerprint density at radius 2 is 1.50 bits per heavy atom. The molecule has 3 rings (SSSR count). The first-order chi connectivity index (χ1) is 14.3. The van der Waals surface area contributed by atoms with Crippen molar-refractivity contribution >= 4 is 41.7 Å². The molecule has 0 aliphatic carbocycles. The highest BCUT2D eigenvalue weighted by atomic mass is 35.5. The minimum absolute atomic E-state index is 0.0413. The smallest absolute Gasteiger partial charge is 0.261 e. The van der Waals surface area contributed by atoms with Gasteiger partial charge in [0, 0.05) is 12.6 Å². The normalized spacial score (nSPS) is 12.0. The lowest BCUT2D eigenvalue weighted by Crippen LogP contribution is -2.66. The van der Waals surface area contributed by atoms with E-state index in [0.29, 0.717) is 24.5 Å². The highest BCUT2D eigenvalue weighted by Crippen LogP contribution is 2.36. The Morgan fingerprint density at radius 3 is 2.00 bits per heavy atom. The fraction of sp³-hybridized carbons (Fsp3) is 0.250. The lowest BCUT2D eigenvalue weighted by Gasteiger charge is -2.43. The Kier molecular flexibility index (Phi) is 6.86. The van der Waals surface area contributed by atoms with Crippen molar-refractivity contribution in [2.45, 2.75) is 25.8 Å². The van der Waals surface area contributed by atoms with E-state index in [-0.39, 0.29) is 10.1 Å². The lowest BCUT2D eigenvalue weighted by atomic mass is 10.2. The van der Waals surface area contributed by atoms with Gasteiger partial charge in [-0.25, -0.2) is 4.39 Å². The third-order valence-corrected chi connectivity index (χ3v) is 10.6. The monoisotopic (exact) mass is 442 g/mol. The summed E-state index contributed by atoms with van der Waals surface area (Å²) in [5.41, 5.74) is 6.84. The Balaban J connectivity index is 1.88. The van der Waals surface area contributed by atoms with Crippen LogP contribution in [0.25, 0.3) is 0 Å². The fourth-order valence-electron chi connectivity index (χ4n) is 3.87. The van der Waals surface area contributed by atoms with Crippen LogP contribution >= 0.6 is 11.6 Å². The molecule has 0 heterocycles. The number of nitrogen functional groups attached to an aromatic ring is 1. The summed E-state index contributed by atoms with van der Waals surface area (Å²) >= 11 is 5.90. The maximum absolute atomic E-state index is 13.6. The first-order valence-electron chi connectivity index (χ1n) is 9.99. The number of rotatable bonds is 7. The van der Waals surface area contributed by atoms with Crippen LogP contribution in [0, 0.1) is 5.82 Å². The summed E-state index contributed by atoms with van der Waals surface area (Å²) in [6.45, 7) is 7.72. The van der Waals surface area contributed by atoms with Crippen LogP contribution in [0.1, 0.15) is 20.8 Å². The maximum atomic E-state index is 13.6. The summed E-state index contributed by atoms with van der Waals surface area (Å²) in [5.74, 6) is -0.525. The molecule has 0 amide bonds. The number of halogens is 2. The molecule has 0 aliphatic rings. The summed E-state index contributed by atoms with van der Waals surface area (Å²) in [6, 6.07) is 23.7. The topological polar surface area (TPSA) is 47.3 Å². The molecule has 3 nitrogen and oxygen atoms in total. The molecule has 0 bridgehead atoms. The van der Waals surface area contributed by atoms with Crippen molar-refractivity contribution in [1.29, 1.82) is 0 Å². The Labute approximate surface area is 184 Å². The number of hydrogen-bond donors (Lipinski definition) is 2. The molecule has 0 aliphatic heterocycles. The van der Waals surface area contributed by atoms with E-state index in [0.717, 1.165) is 0 Å². The van der Waals surface area contributed by atoms with E-state index in [4.69, 9.17) is 21.8 Å². The van der Waals surface area contributed by atoms with E-state index >= 15 is 0 Å². The lowest BCUT2D eigenvalue weighted by molar-refractivity contribution is 0.312. The zero-order chi connectivity index (χ0) is 21.8. The molecule has 0 saturated carbocycles. The zero-order valence-corrected chi connectivity index (χ0v) is 19.3. The van der Waals surface area contributed by atoms with Gasteiger partial charge in [-0.3, -0.25) is 0 Å². The standard InChI is InChI=1S/C24H28ClFN2OSi/c1-24(2,3)30(18-10-6-4-7-11-18,19-12-8-5-9-13-19)29-15-14-28-23-16-20(25)21(26)17-22(23)27/h4-13,16-17,28H,14-15,27H2,1-3H3. The van der Waals surface area contributed by atoms with Crippen LogP contribution in [0.3, 0.4) is 0 Å². The first-order valence-corrected chi connectivity index (χ1v) is 12.3. The van der Waals surface area contributed by atoms with Crippen molar-refractivity contribution in [3.8, 4) is 0 Å². The molecule has 6 heteroatoms. The molecule has 3 N–H and O–H groups in total. The maximum Gasteiger partial charge on any atom is 0.261 e. The van der Waals surface area contributed by atoms with Gasteiger partial charge < -0.3 is 15.5 Å². The van der Waals surface area contributed by atoms with Gasteiger partial charge in [-0.05, 0) is 21.5 Å². The zero-order valence-electron chi connectivity index (χ0n) is 17.6. The van der Waals surface area contributed by atoms with Crippen LogP contribution in [0.2, 0.25) is 10.1 Å². The van der Waals surface area contributed by atoms with Crippen LogP contribution < -0.4 is 21.4 Å². The average Bonchev–Trinajstić information content (AvgIpc) is 2.72. The van der Waals surface area contributed by atoms with Crippen molar-refractivity contribution in [1.82, 2.24) is 0 Å². The number of nitrogens with two attached hydrogens (primary N) is 1. The highest BCUT2D eigenvalue weighted by Gasteiger charge is 2.49. The SMILES string of the molecule is CC(C)(C)[Si](OCCNc1cc(Cl)c(F)cc1N)(c1ccccc1)c1ccccc1. The molecule has 30 heavy (non-hydrogen) atoms. The van der Waals surface area contributed by atoms with Gasteiger partial charge in [0.05, 0.1) is 23.0 Å². The van der Waals surface area contributed by atoms with Crippen molar-refractivity contribution < 1.29 is 8.82 Å². The molecule has 3 aromatic rings. The van der Waals surface area contributed by atoms with E-state index in [1.807, 2.05) is 12.1 Å². The number of anilines is 2. The van der Waals surface area contributed by atoms with Gasteiger partial charge in [0.1, 0.15) is 5.82 Å². The van der Waals surface area contributed by atoms with Gasteiger partial charge in [0.15, 0.2) is 0 Å². The van der Waals surface area contributed by atoms with Crippen LogP contribution in [-0.4, -0.2) is 21.5 Å². The van der Waals surface area contributed by atoms with Gasteiger partial charge in [-0.1, -0.05) is 93.0 Å². The third kappa shape index (κ3) is 4.53. The van der Waals surface area contributed by atoms with Crippen LogP contribution in [0.4, 0.5) is 15.8 Å². The van der Waals surface area contributed by atoms with E-state index < -0.39 is 14.1 Å². The second kappa shape index (κ2) is 9.21. The largest absolute Gasteiger partial charge is 0.406 e. The molecular formula is C24H28ClFN2OSi. The molecule has 158 valence electrons. The second-order valence-corrected chi connectivity index (χ2v) is 13.0. The van der Waals surface area contributed by atoms with Crippen LogP contribution in [-0.2, 0) is 4.43 Å². The van der Waals surface area contributed by atoms with Gasteiger partial charge in [-0.2, -0.15) is 0 Å². The number of benzene rings is 3. The summed E-state index contributed by atoms with van der Waals surface area (Å²) < 4.78 is 20.4. The van der Waals surface area contributed by atoms with Gasteiger partial charge >= 0.3 is 0 Å². The molecule has 0 atom stereocenters. The number of hydrogen-bond acceptors (Lipinski definition) is 3. The second-order valence-electron chi connectivity index (χ2n) is 8.29. The predicted molar refractivity (Wildman–Crippen MR) is 128 cm³/mol. The van der Waals surface area contributed by atoms with Gasteiger partial charge in [0.25, 0.3) is 8.32 Å². The summed E-state index contributed by atoms with van der Waals surface area (Å²) in [6.07, 6.45) is 0. The molecule has 0 spiro atoms. The van der Waals surface area contributed by atoms with E-state index in [9.17, 15) is 4.39 Å². The van der Waals surface area contributed by atoms with Gasteiger partial charge in [0.2, 0.25) is 0 Å². The Bertz CT molecular complexity index is 938. The average molecular weight is 443 g/mol. The Hall–Kier alpha value is -2.34. The minimum atomic E-state index is -2.58. The third-order valence-electron chi connectivity index (χ3n) is 5.25. The molecule has 0 radical (unpaired) electrons. The van der Waals surface area contributed by atoms with Crippen molar-refractivity contribution in [2.75, 3.05) is 24.2 Å². The number of nitrogens with one attached hydrogen (secondary N) is 1. The Morgan fingerprint density at radius 1 is 0.967 bits per heavy atom. The fourth-order valence-corrected chi connectivity index (χ4v) is 8.59. The van der Waals surface area contributed by atoms with E-state index in [1.54, 1.807) is 0 Å². The molecule has 0 saturated heterocycles. The minimum Gasteiger partial charge on any atom is -0.406 e. The molecule has 3 aromatic carbocycles. The first kappa shape index (κ1) is 22.3. The van der Waals surface area contributed by atoms with E-state index in [1.165, 1.54) is 22.5 Å². The van der Waals surface area contributed by atoms with Crippen molar-refractivity contribution in [2.24, 2.45) is 0 Å². The van der Waals surface area contributed by atoms with Crippen LogP contribution in [0.5, 0.6) is 0 Å². The van der Waals surface area contributed by atoms with Crippen LogP contribution in [0.15, 0.2) is 72.8 Å². The molecule has 0 fully saturated rings. The highest BCUT2D eigenvalue weighted by molar-refractivity contribution is 6.99. The van der Waals surface area contributed by atoms with Crippen molar-refractivity contribution in [3.63, 3.8) is 0 Å². The van der Waals surface area contributed by atoms with Crippen molar-refractivity contribution in [3.05, 3.63) is 83.6 Å². The van der Waals surface area contributed by atoms with E-state index in [2.05, 4.69) is 74.6 Å².